The Kier molecular flexibility index (Phi) is 6.37. The summed E-state index contributed by atoms with van der Waals surface area (Å²) in [5.74, 6) is -0.749. The standard InChI is InChI=1S/C19H22N2O6S2/c1-27-19(22)17-8-5-9-18(14-17)29(25,26)21-12-10-20(11-13-21)28(23,24)15-16-6-3-2-4-7-16/h2-9,14H,10-13,15H2,1H3. The fraction of sp³-hybridized carbons (Fsp3) is 0.316. The van der Waals surface area contributed by atoms with Crippen molar-refractivity contribution in [2.75, 3.05) is 33.3 Å². The molecule has 1 heterocycles. The average Bonchev–Trinajstić information content (AvgIpc) is 2.73. The lowest BCUT2D eigenvalue weighted by Gasteiger charge is -2.33. The second-order valence-electron chi connectivity index (χ2n) is 6.56. The van der Waals surface area contributed by atoms with Crippen molar-refractivity contribution in [2.45, 2.75) is 10.6 Å². The summed E-state index contributed by atoms with van der Waals surface area (Å²) in [4.78, 5) is 11.6. The number of sulfonamides is 2. The molecule has 0 N–H and O–H groups in total. The van der Waals surface area contributed by atoms with Crippen LogP contribution in [0.5, 0.6) is 0 Å². The quantitative estimate of drug-likeness (QED) is 0.631. The van der Waals surface area contributed by atoms with Crippen LogP contribution in [0.3, 0.4) is 0 Å². The lowest BCUT2D eigenvalue weighted by molar-refractivity contribution is 0.0600. The molecule has 2 aromatic rings. The lowest BCUT2D eigenvalue weighted by Crippen LogP contribution is -2.50. The Morgan fingerprint density at radius 1 is 0.897 bits per heavy atom. The molecule has 0 atom stereocenters. The molecule has 0 bridgehead atoms. The van der Waals surface area contributed by atoms with Gasteiger partial charge in [0.25, 0.3) is 0 Å². The van der Waals surface area contributed by atoms with Gasteiger partial charge < -0.3 is 4.74 Å². The molecule has 0 radical (unpaired) electrons. The first-order valence-corrected chi connectivity index (χ1v) is 12.0. The maximum atomic E-state index is 12.9. The van der Waals surface area contributed by atoms with Gasteiger partial charge in [-0.25, -0.2) is 21.6 Å². The third-order valence-corrected chi connectivity index (χ3v) is 8.42. The van der Waals surface area contributed by atoms with Crippen molar-refractivity contribution in [1.29, 1.82) is 0 Å². The minimum atomic E-state index is -3.85. The van der Waals surface area contributed by atoms with E-state index in [1.807, 2.05) is 6.07 Å². The van der Waals surface area contributed by atoms with Crippen molar-refractivity contribution in [3.63, 3.8) is 0 Å². The van der Waals surface area contributed by atoms with Crippen LogP contribution in [0.15, 0.2) is 59.5 Å². The fourth-order valence-electron chi connectivity index (χ4n) is 3.11. The highest BCUT2D eigenvalue weighted by Gasteiger charge is 2.33. The van der Waals surface area contributed by atoms with Gasteiger partial charge in [-0.1, -0.05) is 36.4 Å². The highest BCUT2D eigenvalue weighted by atomic mass is 32.2. The lowest BCUT2D eigenvalue weighted by atomic mass is 10.2. The molecular weight excluding hydrogens is 416 g/mol. The van der Waals surface area contributed by atoms with Gasteiger partial charge in [0.2, 0.25) is 20.0 Å². The van der Waals surface area contributed by atoms with E-state index in [9.17, 15) is 21.6 Å². The zero-order valence-electron chi connectivity index (χ0n) is 15.9. The number of carbonyl (C=O) groups excluding carboxylic acids is 1. The molecule has 3 rings (SSSR count). The number of hydrogen-bond donors (Lipinski definition) is 0. The van der Waals surface area contributed by atoms with Gasteiger partial charge in [-0.15, -0.1) is 0 Å². The number of methoxy groups -OCH3 is 1. The number of carbonyl (C=O) groups is 1. The smallest absolute Gasteiger partial charge is 0.337 e. The Balaban J connectivity index is 1.70. The second kappa shape index (κ2) is 8.62. The molecule has 0 unspecified atom stereocenters. The van der Waals surface area contributed by atoms with Crippen LogP contribution in [0.2, 0.25) is 0 Å². The van der Waals surface area contributed by atoms with Crippen LogP contribution >= 0.6 is 0 Å². The highest BCUT2D eigenvalue weighted by Crippen LogP contribution is 2.21. The normalized spacial score (nSPS) is 16.4. The molecule has 0 aliphatic carbocycles. The van der Waals surface area contributed by atoms with Crippen LogP contribution in [0.1, 0.15) is 15.9 Å². The van der Waals surface area contributed by atoms with Gasteiger partial charge in [0.15, 0.2) is 0 Å². The largest absolute Gasteiger partial charge is 0.465 e. The number of rotatable bonds is 6. The summed E-state index contributed by atoms with van der Waals surface area (Å²) >= 11 is 0. The fourth-order valence-corrected chi connectivity index (χ4v) is 6.10. The Morgan fingerprint density at radius 2 is 1.52 bits per heavy atom. The van der Waals surface area contributed by atoms with E-state index in [4.69, 9.17) is 0 Å². The second-order valence-corrected chi connectivity index (χ2v) is 10.5. The van der Waals surface area contributed by atoms with Crippen LogP contribution in [0.4, 0.5) is 0 Å². The van der Waals surface area contributed by atoms with Gasteiger partial charge in [0, 0.05) is 26.2 Å². The van der Waals surface area contributed by atoms with E-state index < -0.39 is 26.0 Å². The van der Waals surface area contributed by atoms with E-state index in [1.54, 1.807) is 24.3 Å². The van der Waals surface area contributed by atoms with Crippen LogP contribution in [-0.2, 0) is 30.5 Å². The van der Waals surface area contributed by atoms with E-state index in [0.29, 0.717) is 5.56 Å². The Hall–Kier alpha value is -2.27. The van der Waals surface area contributed by atoms with Gasteiger partial charge in [-0.05, 0) is 23.8 Å². The topological polar surface area (TPSA) is 101 Å². The molecular formula is C19H22N2O6S2. The molecule has 10 heteroatoms. The van der Waals surface area contributed by atoms with E-state index in [1.165, 1.54) is 40.0 Å². The number of hydrogen-bond acceptors (Lipinski definition) is 6. The summed E-state index contributed by atoms with van der Waals surface area (Å²) in [6.07, 6.45) is 0. The predicted octanol–water partition coefficient (Wildman–Crippen LogP) is 1.31. The SMILES string of the molecule is COC(=O)c1cccc(S(=O)(=O)N2CCN(S(=O)(=O)Cc3ccccc3)CC2)c1. The Bertz CT molecular complexity index is 1080. The van der Waals surface area contributed by atoms with Crippen molar-refractivity contribution < 1.29 is 26.4 Å². The molecule has 0 spiro atoms. The molecule has 0 amide bonds. The third-order valence-electron chi connectivity index (χ3n) is 4.68. The summed E-state index contributed by atoms with van der Waals surface area (Å²) in [6.45, 7) is 0.230. The van der Waals surface area contributed by atoms with Crippen molar-refractivity contribution in [1.82, 2.24) is 8.61 Å². The molecule has 8 nitrogen and oxygen atoms in total. The minimum Gasteiger partial charge on any atom is -0.465 e. The molecule has 1 fully saturated rings. The molecule has 2 aromatic carbocycles. The van der Waals surface area contributed by atoms with E-state index >= 15 is 0 Å². The predicted molar refractivity (Wildman–Crippen MR) is 107 cm³/mol. The zero-order chi connectivity index (χ0) is 21.1. The molecule has 0 saturated carbocycles. The van der Waals surface area contributed by atoms with Crippen molar-refractivity contribution >= 4 is 26.0 Å². The van der Waals surface area contributed by atoms with Crippen LogP contribution in [-0.4, -0.2) is 64.7 Å². The number of nitrogens with zero attached hydrogens (tertiary/aromatic N) is 2. The summed E-state index contributed by atoms with van der Waals surface area (Å²) < 4.78 is 58.3. The zero-order valence-corrected chi connectivity index (χ0v) is 17.5. The maximum Gasteiger partial charge on any atom is 0.337 e. The average molecular weight is 439 g/mol. The molecule has 1 aliphatic rings. The number of ether oxygens (including phenoxy) is 1. The number of piperazine rings is 1. The van der Waals surface area contributed by atoms with Crippen molar-refractivity contribution in [2.24, 2.45) is 0 Å². The van der Waals surface area contributed by atoms with Crippen LogP contribution in [0.25, 0.3) is 0 Å². The minimum absolute atomic E-state index is 0.0269. The van der Waals surface area contributed by atoms with E-state index in [0.717, 1.165) is 0 Å². The monoisotopic (exact) mass is 438 g/mol. The van der Waals surface area contributed by atoms with Gasteiger partial charge in [0.1, 0.15) is 0 Å². The highest BCUT2D eigenvalue weighted by molar-refractivity contribution is 7.89. The van der Waals surface area contributed by atoms with Crippen LogP contribution < -0.4 is 0 Å². The number of benzene rings is 2. The maximum absolute atomic E-state index is 12.9. The first-order chi connectivity index (χ1) is 13.7. The van der Waals surface area contributed by atoms with Gasteiger partial charge in [-0.2, -0.15) is 8.61 Å². The van der Waals surface area contributed by atoms with E-state index in [2.05, 4.69) is 4.74 Å². The van der Waals surface area contributed by atoms with E-state index in [-0.39, 0.29) is 42.4 Å². The first-order valence-electron chi connectivity index (χ1n) is 8.94. The van der Waals surface area contributed by atoms with Crippen molar-refractivity contribution in [3.8, 4) is 0 Å². The van der Waals surface area contributed by atoms with Gasteiger partial charge >= 0.3 is 5.97 Å². The van der Waals surface area contributed by atoms with Gasteiger partial charge in [0.05, 0.1) is 23.3 Å². The summed E-state index contributed by atoms with van der Waals surface area (Å²) in [5.41, 5.74) is 0.819. The summed E-state index contributed by atoms with van der Waals surface area (Å²) in [5, 5.41) is 0. The molecule has 0 aromatic heterocycles. The molecule has 1 saturated heterocycles. The summed E-state index contributed by atoms with van der Waals surface area (Å²) in [6, 6.07) is 14.5. The van der Waals surface area contributed by atoms with Crippen LogP contribution in [0, 0.1) is 0 Å². The third kappa shape index (κ3) is 4.84. The molecule has 1 aliphatic heterocycles. The number of esters is 1. The first kappa shape index (κ1) is 21.4. The van der Waals surface area contributed by atoms with Gasteiger partial charge in [-0.3, -0.25) is 0 Å². The summed E-state index contributed by atoms with van der Waals surface area (Å²) in [7, 11) is -6.17. The molecule has 156 valence electrons. The Labute approximate surface area is 170 Å². The molecule has 29 heavy (non-hydrogen) atoms. The Morgan fingerprint density at radius 3 is 2.14 bits per heavy atom. The van der Waals surface area contributed by atoms with Crippen molar-refractivity contribution in [3.05, 3.63) is 65.7 Å².